The Hall–Kier alpha value is -3.51. The molecule has 0 unspecified atom stereocenters. The van der Waals surface area contributed by atoms with Gasteiger partial charge in [-0.25, -0.2) is 4.39 Å². The van der Waals surface area contributed by atoms with Gasteiger partial charge in [-0.3, -0.25) is 14.5 Å². The smallest absolute Gasteiger partial charge is 0.246 e. The van der Waals surface area contributed by atoms with E-state index in [1.807, 2.05) is 54.6 Å². The van der Waals surface area contributed by atoms with Crippen LogP contribution in [0, 0.1) is 5.82 Å². The van der Waals surface area contributed by atoms with Crippen molar-refractivity contribution < 1.29 is 14.0 Å². The lowest BCUT2D eigenvalue weighted by molar-refractivity contribution is -0.121. The standard InChI is InChI=1S/C26H26FN3O2/c1-19(31)20-7-13-24(14-8-20)29-15-17-30(18-16-29)25(21-5-3-2-4-6-21)26(32)28-23-11-9-22(27)10-12-23/h2-14,25H,15-18H2,1H3,(H,28,32)/t25-/m0/s1. The lowest BCUT2D eigenvalue weighted by atomic mass is 10.0. The number of benzene rings is 3. The highest BCUT2D eigenvalue weighted by atomic mass is 19.1. The van der Waals surface area contributed by atoms with Crippen LogP contribution in [0.1, 0.15) is 28.9 Å². The van der Waals surface area contributed by atoms with E-state index >= 15 is 0 Å². The number of ketones is 1. The van der Waals surface area contributed by atoms with Gasteiger partial charge in [-0.2, -0.15) is 0 Å². The average Bonchev–Trinajstić information content (AvgIpc) is 2.82. The number of hydrogen-bond donors (Lipinski definition) is 1. The maximum absolute atomic E-state index is 13.3. The molecule has 1 heterocycles. The van der Waals surface area contributed by atoms with E-state index in [1.54, 1.807) is 19.1 Å². The monoisotopic (exact) mass is 431 g/mol. The number of anilines is 2. The Morgan fingerprint density at radius 2 is 1.47 bits per heavy atom. The van der Waals surface area contributed by atoms with Gasteiger partial charge in [0, 0.05) is 43.1 Å². The highest BCUT2D eigenvalue weighted by Gasteiger charge is 2.30. The van der Waals surface area contributed by atoms with Crippen LogP contribution in [-0.2, 0) is 4.79 Å². The van der Waals surface area contributed by atoms with E-state index in [2.05, 4.69) is 15.1 Å². The number of rotatable bonds is 6. The number of Topliss-reactive ketones (excluding diaryl/α,β-unsaturated/α-hetero) is 1. The molecule has 1 fully saturated rings. The molecule has 3 aromatic carbocycles. The van der Waals surface area contributed by atoms with Crippen LogP contribution in [0.2, 0.25) is 0 Å². The van der Waals surface area contributed by atoms with E-state index in [0.29, 0.717) is 24.3 Å². The largest absolute Gasteiger partial charge is 0.369 e. The predicted molar refractivity (Wildman–Crippen MR) is 124 cm³/mol. The molecule has 3 aromatic rings. The Labute approximate surface area is 187 Å². The third-order valence-electron chi connectivity index (χ3n) is 5.79. The maximum Gasteiger partial charge on any atom is 0.246 e. The van der Waals surface area contributed by atoms with Crippen LogP contribution in [0.15, 0.2) is 78.9 Å². The van der Waals surface area contributed by atoms with Crippen molar-refractivity contribution in [2.24, 2.45) is 0 Å². The summed E-state index contributed by atoms with van der Waals surface area (Å²) in [4.78, 5) is 29.2. The van der Waals surface area contributed by atoms with Gasteiger partial charge in [0.05, 0.1) is 0 Å². The summed E-state index contributed by atoms with van der Waals surface area (Å²) in [7, 11) is 0. The number of carbonyl (C=O) groups is 2. The number of hydrogen-bond acceptors (Lipinski definition) is 4. The zero-order chi connectivity index (χ0) is 22.5. The fourth-order valence-electron chi connectivity index (χ4n) is 4.05. The topological polar surface area (TPSA) is 52.7 Å². The third kappa shape index (κ3) is 5.03. The van der Waals surface area contributed by atoms with Crippen LogP contribution in [-0.4, -0.2) is 42.8 Å². The Bertz CT molecular complexity index is 1060. The molecule has 0 spiro atoms. The van der Waals surface area contributed by atoms with Gasteiger partial charge < -0.3 is 10.2 Å². The summed E-state index contributed by atoms with van der Waals surface area (Å²) in [5, 5.41) is 2.93. The normalized spacial score (nSPS) is 15.2. The van der Waals surface area contributed by atoms with Crippen molar-refractivity contribution in [2.75, 3.05) is 36.4 Å². The van der Waals surface area contributed by atoms with Crippen LogP contribution in [0.4, 0.5) is 15.8 Å². The summed E-state index contributed by atoms with van der Waals surface area (Å²) in [5.41, 5.74) is 3.27. The highest BCUT2D eigenvalue weighted by molar-refractivity contribution is 5.95. The first kappa shape index (κ1) is 21.7. The summed E-state index contributed by atoms with van der Waals surface area (Å²) in [6.07, 6.45) is 0. The minimum atomic E-state index is -0.441. The lowest BCUT2D eigenvalue weighted by Crippen LogP contribution is -2.50. The molecule has 32 heavy (non-hydrogen) atoms. The van der Waals surface area contributed by atoms with Gasteiger partial charge >= 0.3 is 0 Å². The van der Waals surface area contributed by atoms with Crippen LogP contribution in [0.25, 0.3) is 0 Å². The summed E-state index contributed by atoms with van der Waals surface area (Å²) < 4.78 is 13.2. The van der Waals surface area contributed by atoms with E-state index < -0.39 is 6.04 Å². The van der Waals surface area contributed by atoms with Gasteiger partial charge in [-0.05, 0) is 61.0 Å². The molecule has 0 bridgehead atoms. The maximum atomic E-state index is 13.3. The van der Waals surface area contributed by atoms with Crippen LogP contribution in [0.5, 0.6) is 0 Å². The first-order valence-corrected chi connectivity index (χ1v) is 10.7. The first-order chi connectivity index (χ1) is 15.5. The molecule has 0 aromatic heterocycles. The second-order valence-electron chi connectivity index (χ2n) is 7.94. The van der Waals surface area contributed by atoms with Gasteiger partial charge in [0.15, 0.2) is 5.78 Å². The molecule has 1 saturated heterocycles. The minimum absolute atomic E-state index is 0.0549. The van der Waals surface area contributed by atoms with E-state index in [4.69, 9.17) is 0 Å². The zero-order valence-corrected chi connectivity index (χ0v) is 18.0. The fraction of sp³-hybridized carbons (Fsp3) is 0.231. The molecular formula is C26H26FN3O2. The second kappa shape index (κ2) is 9.75. The van der Waals surface area contributed by atoms with Gasteiger partial charge in [0.2, 0.25) is 5.91 Å². The zero-order valence-electron chi connectivity index (χ0n) is 18.0. The molecule has 0 aliphatic carbocycles. The molecule has 0 radical (unpaired) electrons. The van der Waals surface area contributed by atoms with Crippen molar-refractivity contribution in [1.29, 1.82) is 0 Å². The van der Waals surface area contributed by atoms with Gasteiger partial charge in [-0.1, -0.05) is 30.3 Å². The van der Waals surface area contributed by atoms with Crippen molar-refractivity contribution in [3.05, 3.63) is 95.8 Å². The summed E-state index contributed by atoms with van der Waals surface area (Å²) in [6, 6.07) is 22.7. The number of halogens is 1. The second-order valence-corrected chi connectivity index (χ2v) is 7.94. The fourth-order valence-corrected chi connectivity index (χ4v) is 4.05. The van der Waals surface area contributed by atoms with E-state index in [0.717, 1.165) is 24.3 Å². The number of nitrogens with one attached hydrogen (secondary N) is 1. The molecule has 1 aliphatic heterocycles. The van der Waals surface area contributed by atoms with Crippen LogP contribution < -0.4 is 10.2 Å². The molecule has 164 valence electrons. The molecule has 4 rings (SSSR count). The number of piperazine rings is 1. The van der Waals surface area contributed by atoms with Crippen molar-refractivity contribution in [2.45, 2.75) is 13.0 Å². The summed E-state index contributed by atoms with van der Waals surface area (Å²) >= 11 is 0. The molecule has 0 saturated carbocycles. The van der Waals surface area contributed by atoms with Gasteiger partial charge in [-0.15, -0.1) is 0 Å². The van der Waals surface area contributed by atoms with E-state index in [9.17, 15) is 14.0 Å². The van der Waals surface area contributed by atoms with Crippen LogP contribution in [0.3, 0.4) is 0 Å². The molecule has 1 amide bonds. The summed E-state index contributed by atoms with van der Waals surface area (Å²) in [6.45, 7) is 4.53. The first-order valence-electron chi connectivity index (χ1n) is 10.7. The van der Waals surface area contributed by atoms with Crippen molar-refractivity contribution in [3.63, 3.8) is 0 Å². The quantitative estimate of drug-likeness (QED) is 0.583. The number of amides is 1. The Kier molecular flexibility index (Phi) is 6.61. The molecular weight excluding hydrogens is 405 g/mol. The molecule has 1 N–H and O–H groups in total. The van der Waals surface area contributed by atoms with E-state index in [1.165, 1.54) is 12.1 Å². The average molecular weight is 432 g/mol. The molecule has 6 heteroatoms. The Balaban J connectivity index is 1.48. The third-order valence-corrected chi connectivity index (χ3v) is 5.79. The number of nitrogens with zero attached hydrogens (tertiary/aromatic N) is 2. The Morgan fingerprint density at radius 1 is 0.844 bits per heavy atom. The van der Waals surface area contributed by atoms with E-state index in [-0.39, 0.29) is 17.5 Å². The lowest BCUT2D eigenvalue weighted by Gasteiger charge is -2.39. The highest BCUT2D eigenvalue weighted by Crippen LogP contribution is 2.26. The summed E-state index contributed by atoms with van der Waals surface area (Å²) in [5.74, 6) is -0.420. The minimum Gasteiger partial charge on any atom is -0.369 e. The van der Waals surface area contributed by atoms with Gasteiger partial charge in [0.1, 0.15) is 11.9 Å². The van der Waals surface area contributed by atoms with Crippen molar-refractivity contribution in [3.8, 4) is 0 Å². The van der Waals surface area contributed by atoms with Crippen molar-refractivity contribution in [1.82, 2.24) is 4.90 Å². The SMILES string of the molecule is CC(=O)c1ccc(N2CCN([C@H](C(=O)Nc3ccc(F)cc3)c3ccccc3)CC2)cc1. The number of carbonyl (C=O) groups excluding carboxylic acids is 2. The van der Waals surface area contributed by atoms with Gasteiger partial charge in [0.25, 0.3) is 0 Å². The predicted octanol–water partition coefficient (Wildman–Crippen LogP) is 4.53. The molecule has 1 aliphatic rings. The molecule has 5 nitrogen and oxygen atoms in total. The van der Waals surface area contributed by atoms with Crippen LogP contribution >= 0.6 is 0 Å². The van der Waals surface area contributed by atoms with Crippen molar-refractivity contribution >= 4 is 23.1 Å². The molecule has 1 atom stereocenters. The Morgan fingerprint density at radius 3 is 2.06 bits per heavy atom.